The molecule has 15 heavy (non-hydrogen) atoms. The fourth-order valence-corrected chi connectivity index (χ4v) is 1.23. The van der Waals surface area contributed by atoms with Crippen molar-refractivity contribution < 1.29 is 9.53 Å². The van der Waals surface area contributed by atoms with Gasteiger partial charge in [0.25, 0.3) is 0 Å². The minimum absolute atomic E-state index is 0.0321. The monoisotopic (exact) mass is 216 g/mol. The van der Waals surface area contributed by atoms with E-state index in [1.54, 1.807) is 0 Å². The summed E-state index contributed by atoms with van der Waals surface area (Å²) in [4.78, 5) is 11.5. The molecule has 0 spiro atoms. The molecular weight excluding hydrogens is 192 g/mol. The third kappa shape index (κ3) is 8.39. The Morgan fingerprint density at radius 3 is 2.27 bits per heavy atom. The molecule has 0 radical (unpaired) electrons. The lowest BCUT2D eigenvalue weighted by molar-refractivity contribution is -0.123. The molecule has 0 aliphatic carbocycles. The quantitative estimate of drug-likeness (QED) is 0.697. The van der Waals surface area contributed by atoms with Crippen molar-refractivity contribution in [1.29, 1.82) is 0 Å². The highest BCUT2D eigenvalue weighted by atomic mass is 16.5. The van der Waals surface area contributed by atoms with E-state index in [1.807, 2.05) is 34.6 Å². The second kappa shape index (κ2) is 5.47. The summed E-state index contributed by atoms with van der Waals surface area (Å²) in [5, 5.41) is 2.82. The first-order chi connectivity index (χ1) is 6.66. The highest BCUT2D eigenvalue weighted by Gasteiger charge is 2.21. The van der Waals surface area contributed by atoms with E-state index in [-0.39, 0.29) is 11.5 Å². The molecule has 0 aliphatic rings. The molecule has 0 aromatic carbocycles. The molecule has 0 fully saturated rings. The lowest BCUT2D eigenvalue weighted by atomic mass is 10.0. The maximum atomic E-state index is 11.5. The lowest BCUT2D eigenvalue weighted by Crippen LogP contribution is -2.44. The Balaban J connectivity index is 3.90. The first kappa shape index (κ1) is 14.4. The van der Waals surface area contributed by atoms with Crippen LogP contribution in [0.25, 0.3) is 0 Å². The van der Waals surface area contributed by atoms with Crippen LogP contribution in [0.1, 0.15) is 41.0 Å². The van der Waals surface area contributed by atoms with E-state index in [0.29, 0.717) is 19.6 Å². The van der Waals surface area contributed by atoms with Crippen molar-refractivity contribution in [3.63, 3.8) is 0 Å². The summed E-state index contributed by atoms with van der Waals surface area (Å²) in [7, 11) is 0. The topological polar surface area (TPSA) is 64.3 Å². The highest BCUT2D eigenvalue weighted by Crippen LogP contribution is 2.08. The Morgan fingerprint density at radius 1 is 1.33 bits per heavy atom. The number of amides is 1. The van der Waals surface area contributed by atoms with Crippen LogP contribution in [0.5, 0.6) is 0 Å². The van der Waals surface area contributed by atoms with E-state index in [0.717, 1.165) is 0 Å². The van der Waals surface area contributed by atoms with Gasteiger partial charge in [-0.05, 0) is 34.6 Å². The second-order valence-electron chi connectivity index (χ2n) is 5.13. The first-order valence-electron chi connectivity index (χ1n) is 5.36. The largest absolute Gasteiger partial charge is 0.374 e. The van der Waals surface area contributed by atoms with Gasteiger partial charge in [0.05, 0.1) is 5.60 Å². The maximum Gasteiger partial charge on any atom is 0.221 e. The molecule has 0 rings (SSSR count). The van der Waals surface area contributed by atoms with Crippen molar-refractivity contribution in [3.05, 3.63) is 0 Å². The van der Waals surface area contributed by atoms with Gasteiger partial charge in [-0.1, -0.05) is 0 Å². The van der Waals surface area contributed by atoms with Crippen molar-refractivity contribution in [2.45, 2.75) is 52.2 Å². The van der Waals surface area contributed by atoms with Crippen molar-refractivity contribution in [2.24, 2.45) is 5.73 Å². The number of nitrogens with one attached hydrogen (secondary N) is 1. The predicted molar refractivity (Wildman–Crippen MR) is 61.6 cm³/mol. The van der Waals surface area contributed by atoms with Crippen molar-refractivity contribution in [1.82, 2.24) is 5.32 Å². The van der Waals surface area contributed by atoms with Crippen LogP contribution in [0, 0.1) is 0 Å². The Hall–Kier alpha value is -0.610. The molecule has 0 unspecified atom stereocenters. The smallest absolute Gasteiger partial charge is 0.221 e. The predicted octanol–water partition coefficient (Wildman–Crippen LogP) is 1.05. The Labute approximate surface area is 92.6 Å². The summed E-state index contributed by atoms with van der Waals surface area (Å²) >= 11 is 0. The summed E-state index contributed by atoms with van der Waals surface area (Å²) in [5.74, 6) is -0.0321. The van der Waals surface area contributed by atoms with Crippen LogP contribution in [0.2, 0.25) is 0 Å². The molecule has 0 saturated carbocycles. The minimum Gasteiger partial charge on any atom is -0.374 e. The highest BCUT2D eigenvalue weighted by molar-refractivity contribution is 5.77. The van der Waals surface area contributed by atoms with Gasteiger partial charge in [0, 0.05) is 25.1 Å². The van der Waals surface area contributed by atoms with Gasteiger partial charge in [-0.25, -0.2) is 0 Å². The van der Waals surface area contributed by atoms with E-state index in [4.69, 9.17) is 10.5 Å². The zero-order valence-corrected chi connectivity index (χ0v) is 10.5. The van der Waals surface area contributed by atoms with Gasteiger partial charge >= 0.3 is 0 Å². The normalized spacial score (nSPS) is 12.7. The Kier molecular flexibility index (Phi) is 5.24. The van der Waals surface area contributed by atoms with E-state index in [2.05, 4.69) is 5.32 Å². The van der Waals surface area contributed by atoms with Crippen molar-refractivity contribution >= 4 is 5.91 Å². The molecule has 0 saturated heterocycles. The van der Waals surface area contributed by atoms with Crippen LogP contribution >= 0.6 is 0 Å². The third-order valence-corrected chi connectivity index (χ3v) is 1.86. The van der Waals surface area contributed by atoms with Gasteiger partial charge in [-0.15, -0.1) is 0 Å². The van der Waals surface area contributed by atoms with Crippen LogP contribution in [0.4, 0.5) is 0 Å². The van der Waals surface area contributed by atoms with E-state index >= 15 is 0 Å². The zero-order valence-electron chi connectivity index (χ0n) is 10.5. The van der Waals surface area contributed by atoms with Crippen LogP contribution in [0.15, 0.2) is 0 Å². The summed E-state index contributed by atoms with van der Waals surface area (Å²) < 4.78 is 5.46. The maximum absolute atomic E-state index is 11.5. The summed E-state index contributed by atoms with van der Waals surface area (Å²) in [6, 6.07) is 0. The second-order valence-corrected chi connectivity index (χ2v) is 5.13. The molecule has 3 N–H and O–H groups in total. The fourth-order valence-electron chi connectivity index (χ4n) is 1.23. The molecule has 4 nitrogen and oxygen atoms in total. The van der Waals surface area contributed by atoms with Crippen LogP contribution in [-0.4, -0.2) is 30.2 Å². The number of hydrogen-bond acceptors (Lipinski definition) is 3. The van der Waals surface area contributed by atoms with Crippen molar-refractivity contribution in [3.8, 4) is 0 Å². The number of hydrogen-bond donors (Lipinski definition) is 2. The zero-order chi connectivity index (χ0) is 12.1. The number of ether oxygens (including phenoxy) is 1. The van der Waals surface area contributed by atoms with Gasteiger partial charge in [0.15, 0.2) is 0 Å². The van der Waals surface area contributed by atoms with Crippen LogP contribution in [0.3, 0.4) is 0 Å². The summed E-state index contributed by atoms with van der Waals surface area (Å²) in [5.41, 5.74) is 4.97. The van der Waals surface area contributed by atoms with Crippen LogP contribution < -0.4 is 11.1 Å². The number of rotatable bonds is 6. The van der Waals surface area contributed by atoms with E-state index in [9.17, 15) is 4.79 Å². The molecule has 0 aromatic rings. The molecule has 0 aromatic heterocycles. The van der Waals surface area contributed by atoms with Gasteiger partial charge < -0.3 is 15.8 Å². The standard InChI is InChI=1S/C11H24N2O2/c1-6-15-11(4,5)8-13-9(14)7-10(2,3)12/h6-8,12H2,1-5H3,(H,13,14). The Bertz CT molecular complexity index is 207. The van der Waals surface area contributed by atoms with E-state index < -0.39 is 5.54 Å². The molecule has 0 heterocycles. The van der Waals surface area contributed by atoms with Gasteiger partial charge in [-0.2, -0.15) is 0 Å². The lowest BCUT2D eigenvalue weighted by Gasteiger charge is -2.26. The average Bonchev–Trinajstić information content (AvgIpc) is 1.98. The molecule has 0 bridgehead atoms. The first-order valence-corrected chi connectivity index (χ1v) is 5.36. The van der Waals surface area contributed by atoms with E-state index in [1.165, 1.54) is 0 Å². The fraction of sp³-hybridized carbons (Fsp3) is 0.909. The number of carbonyl (C=O) groups is 1. The van der Waals surface area contributed by atoms with Gasteiger partial charge in [0.1, 0.15) is 0 Å². The van der Waals surface area contributed by atoms with Gasteiger partial charge in [0.2, 0.25) is 5.91 Å². The minimum atomic E-state index is -0.458. The summed E-state index contributed by atoms with van der Waals surface area (Å²) in [6.07, 6.45) is 0.329. The number of carbonyl (C=O) groups excluding carboxylic acids is 1. The van der Waals surface area contributed by atoms with Gasteiger partial charge in [-0.3, -0.25) is 4.79 Å². The van der Waals surface area contributed by atoms with Crippen molar-refractivity contribution in [2.75, 3.05) is 13.2 Å². The molecule has 1 amide bonds. The molecular formula is C11H24N2O2. The third-order valence-electron chi connectivity index (χ3n) is 1.86. The average molecular weight is 216 g/mol. The van der Waals surface area contributed by atoms with Crippen LogP contribution in [-0.2, 0) is 9.53 Å². The number of nitrogens with two attached hydrogens (primary N) is 1. The Morgan fingerprint density at radius 2 is 1.87 bits per heavy atom. The molecule has 0 atom stereocenters. The molecule has 4 heteroatoms. The SMILES string of the molecule is CCOC(C)(C)CNC(=O)CC(C)(C)N. The molecule has 90 valence electrons. The molecule has 0 aliphatic heterocycles. The summed E-state index contributed by atoms with van der Waals surface area (Å²) in [6.45, 7) is 10.7.